The quantitative estimate of drug-likeness (QED) is 0.339. The van der Waals surface area contributed by atoms with E-state index in [2.05, 4.69) is 15.6 Å². The minimum Gasteiger partial charge on any atom is -0.462 e. The van der Waals surface area contributed by atoms with Gasteiger partial charge in [0.25, 0.3) is 11.5 Å². The van der Waals surface area contributed by atoms with Crippen molar-refractivity contribution in [3.63, 3.8) is 0 Å². The summed E-state index contributed by atoms with van der Waals surface area (Å²) in [6, 6.07) is 6.77. The first kappa shape index (κ1) is 25.7. The molecule has 12 heteroatoms. The van der Waals surface area contributed by atoms with Crippen molar-refractivity contribution < 1.29 is 23.8 Å². The van der Waals surface area contributed by atoms with Crippen LogP contribution in [0.25, 0.3) is 11.8 Å². The predicted octanol–water partition coefficient (Wildman–Crippen LogP) is 0.0137. The lowest BCUT2D eigenvalue weighted by Gasteiger charge is -2.07. The van der Waals surface area contributed by atoms with Gasteiger partial charge >= 0.3 is 5.97 Å². The number of methoxy groups -OCH3 is 1. The molecule has 0 fully saturated rings. The summed E-state index contributed by atoms with van der Waals surface area (Å²) in [4.78, 5) is 41.0. The Morgan fingerprint density at radius 1 is 1.27 bits per heavy atom. The Bertz CT molecular complexity index is 1200. The summed E-state index contributed by atoms with van der Waals surface area (Å²) < 4.78 is 16.7. The molecule has 2 rings (SSSR count). The number of hydrogen-bond acceptors (Lipinski definition) is 10. The molecule has 0 saturated carbocycles. The van der Waals surface area contributed by atoms with Gasteiger partial charge in [-0.1, -0.05) is 6.07 Å². The maximum absolute atomic E-state index is 12.7. The first-order chi connectivity index (χ1) is 15.9. The number of amides is 1. The summed E-state index contributed by atoms with van der Waals surface area (Å²) in [6.07, 6.45) is 1.44. The van der Waals surface area contributed by atoms with Crippen molar-refractivity contribution in [3.05, 3.63) is 37.7 Å². The molecule has 0 unspecified atom stereocenters. The maximum atomic E-state index is 12.7. The Hall–Kier alpha value is -3.53. The molecule has 2 heterocycles. The van der Waals surface area contributed by atoms with Crippen LogP contribution in [0.3, 0.4) is 0 Å². The molecule has 0 aliphatic rings. The van der Waals surface area contributed by atoms with Crippen LogP contribution in [0.2, 0.25) is 0 Å². The summed E-state index contributed by atoms with van der Waals surface area (Å²) in [6.45, 7) is 4.31. The van der Waals surface area contributed by atoms with Crippen molar-refractivity contribution in [2.24, 2.45) is 0 Å². The van der Waals surface area contributed by atoms with E-state index in [1.165, 1.54) is 10.8 Å². The SMILES string of the molecule is CCOC(=O)/C(C#N)=c1\s/c(=C/Nc2cccc(NC(=O)COCCOC)n2)c(=O)n1CC. The maximum Gasteiger partial charge on any atom is 0.351 e. The van der Waals surface area contributed by atoms with Crippen LogP contribution < -0.4 is 25.4 Å². The van der Waals surface area contributed by atoms with Crippen LogP contribution in [0, 0.1) is 11.3 Å². The van der Waals surface area contributed by atoms with Crippen molar-refractivity contribution in [3.8, 4) is 6.07 Å². The first-order valence-electron chi connectivity index (χ1n) is 10.1. The molecule has 2 N–H and O–H groups in total. The van der Waals surface area contributed by atoms with Gasteiger partial charge in [0, 0.05) is 19.9 Å². The second-order valence-corrected chi connectivity index (χ2v) is 7.35. The van der Waals surface area contributed by atoms with E-state index in [-0.39, 0.29) is 46.0 Å². The van der Waals surface area contributed by atoms with E-state index in [9.17, 15) is 19.6 Å². The highest BCUT2D eigenvalue weighted by Crippen LogP contribution is 2.09. The lowest BCUT2D eigenvalue weighted by molar-refractivity contribution is -0.136. The lowest BCUT2D eigenvalue weighted by atomic mass is 10.3. The Morgan fingerprint density at radius 2 is 2.03 bits per heavy atom. The summed E-state index contributed by atoms with van der Waals surface area (Å²) in [7, 11) is 1.54. The van der Waals surface area contributed by atoms with Crippen LogP contribution in [0.5, 0.6) is 0 Å². The van der Waals surface area contributed by atoms with Gasteiger partial charge in [0.2, 0.25) is 0 Å². The Kier molecular flexibility index (Phi) is 10.2. The average Bonchev–Trinajstić information content (AvgIpc) is 3.11. The second-order valence-electron chi connectivity index (χ2n) is 6.32. The van der Waals surface area contributed by atoms with Gasteiger partial charge in [0.1, 0.15) is 33.5 Å². The summed E-state index contributed by atoms with van der Waals surface area (Å²) >= 11 is 0.992. The molecule has 0 spiro atoms. The molecule has 0 bridgehead atoms. The predicted molar refractivity (Wildman–Crippen MR) is 123 cm³/mol. The van der Waals surface area contributed by atoms with Crippen LogP contribution in [-0.2, 0) is 30.3 Å². The van der Waals surface area contributed by atoms with E-state index < -0.39 is 5.97 Å². The normalized spacial score (nSPS) is 12.1. The minimum absolute atomic E-state index is 0.115. The van der Waals surface area contributed by atoms with Crippen molar-refractivity contribution >= 4 is 46.6 Å². The van der Waals surface area contributed by atoms with Gasteiger partial charge in [-0.25, -0.2) is 9.78 Å². The number of aromatic nitrogens is 2. The molecule has 33 heavy (non-hydrogen) atoms. The number of nitrogens with zero attached hydrogens (tertiary/aromatic N) is 3. The van der Waals surface area contributed by atoms with E-state index in [1.807, 2.05) is 6.07 Å². The zero-order valence-corrected chi connectivity index (χ0v) is 19.4. The minimum atomic E-state index is -0.778. The van der Waals surface area contributed by atoms with E-state index in [0.717, 1.165) is 11.3 Å². The monoisotopic (exact) mass is 475 g/mol. The number of hydrogen-bond donors (Lipinski definition) is 2. The van der Waals surface area contributed by atoms with Gasteiger partial charge < -0.3 is 24.8 Å². The van der Waals surface area contributed by atoms with Gasteiger partial charge in [-0.15, -0.1) is 11.3 Å². The number of nitrogens with one attached hydrogen (secondary N) is 2. The zero-order chi connectivity index (χ0) is 24.2. The topological polar surface area (TPSA) is 145 Å². The molecule has 0 radical (unpaired) electrons. The molecule has 0 aromatic carbocycles. The highest BCUT2D eigenvalue weighted by atomic mass is 32.1. The highest BCUT2D eigenvalue weighted by Gasteiger charge is 2.16. The lowest BCUT2D eigenvalue weighted by Crippen LogP contribution is -2.32. The van der Waals surface area contributed by atoms with E-state index in [4.69, 9.17) is 14.2 Å². The largest absolute Gasteiger partial charge is 0.462 e. The summed E-state index contributed by atoms with van der Waals surface area (Å²) in [5, 5.41) is 14.9. The third kappa shape index (κ3) is 7.25. The van der Waals surface area contributed by atoms with Crippen molar-refractivity contribution in [1.82, 2.24) is 9.55 Å². The molecule has 1 amide bonds. The fourth-order valence-corrected chi connectivity index (χ4v) is 3.66. The fraction of sp³-hybridized carbons (Fsp3) is 0.381. The number of esters is 1. The van der Waals surface area contributed by atoms with E-state index in [1.54, 1.807) is 39.2 Å². The number of ether oxygens (including phenoxy) is 3. The van der Waals surface area contributed by atoms with Crippen molar-refractivity contribution in [2.75, 3.05) is 44.2 Å². The number of nitriles is 1. The van der Waals surface area contributed by atoms with Crippen LogP contribution in [0.1, 0.15) is 13.8 Å². The molecule has 2 aromatic heterocycles. The summed E-state index contributed by atoms with van der Waals surface area (Å²) in [5.41, 5.74) is -0.587. The summed E-state index contributed by atoms with van der Waals surface area (Å²) in [5.74, 6) is -0.472. The molecule has 2 aromatic rings. The van der Waals surface area contributed by atoms with Gasteiger partial charge in [0.15, 0.2) is 5.57 Å². The molecule has 0 saturated heterocycles. The van der Waals surface area contributed by atoms with Gasteiger partial charge in [-0.3, -0.25) is 14.2 Å². The standard InChI is InChI=1S/C21H25N5O6S/c1-4-26-19(28)15(33-20(26)14(11-22)21(29)32-5-2)12-23-16-7-6-8-17(24-16)25-18(27)13-31-10-9-30-3/h6-8,12H,4-5,9-10,13H2,1-3H3,(H2,23,24,25,27)/b15-12+,20-14-. The van der Waals surface area contributed by atoms with E-state index in [0.29, 0.717) is 24.8 Å². The van der Waals surface area contributed by atoms with Crippen LogP contribution in [0.4, 0.5) is 11.6 Å². The molecule has 176 valence electrons. The fourth-order valence-electron chi connectivity index (χ4n) is 2.59. The zero-order valence-electron chi connectivity index (χ0n) is 18.5. The Morgan fingerprint density at radius 3 is 2.70 bits per heavy atom. The van der Waals surface area contributed by atoms with Crippen LogP contribution in [-0.4, -0.2) is 55.0 Å². The second kappa shape index (κ2) is 13.1. The van der Waals surface area contributed by atoms with Crippen LogP contribution in [0.15, 0.2) is 23.0 Å². The Balaban J connectivity index is 2.25. The third-order valence-electron chi connectivity index (χ3n) is 4.06. The van der Waals surface area contributed by atoms with Gasteiger partial charge in [-0.2, -0.15) is 5.26 Å². The number of pyridine rings is 1. The number of thiazole rings is 1. The number of carbonyl (C=O) groups is 2. The third-order valence-corrected chi connectivity index (χ3v) is 5.19. The van der Waals surface area contributed by atoms with Crippen molar-refractivity contribution in [1.29, 1.82) is 5.26 Å². The average molecular weight is 476 g/mol. The molecular formula is C21H25N5O6S. The molecule has 0 aliphatic carbocycles. The van der Waals surface area contributed by atoms with E-state index >= 15 is 0 Å². The van der Waals surface area contributed by atoms with Crippen molar-refractivity contribution in [2.45, 2.75) is 20.4 Å². The van der Waals surface area contributed by atoms with Crippen LogP contribution >= 0.6 is 11.3 Å². The number of rotatable bonds is 11. The molecular weight excluding hydrogens is 450 g/mol. The highest BCUT2D eigenvalue weighted by molar-refractivity contribution is 7.07. The Labute approximate surface area is 193 Å². The smallest absolute Gasteiger partial charge is 0.351 e. The first-order valence-corrected chi connectivity index (χ1v) is 10.9. The van der Waals surface area contributed by atoms with Gasteiger partial charge in [0.05, 0.1) is 19.8 Å². The number of anilines is 2. The molecule has 11 nitrogen and oxygen atoms in total. The van der Waals surface area contributed by atoms with Gasteiger partial charge in [-0.05, 0) is 26.0 Å². The molecule has 0 atom stereocenters. The number of carbonyl (C=O) groups excluding carboxylic acids is 2. The molecule has 0 aliphatic heterocycles.